The summed E-state index contributed by atoms with van der Waals surface area (Å²) in [6.45, 7) is 0.0926. The van der Waals surface area contributed by atoms with Gasteiger partial charge in [0.05, 0.1) is 6.61 Å². The average molecular weight is 215 g/mol. The van der Waals surface area contributed by atoms with Gasteiger partial charge in [-0.25, -0.2) is 0 Å². The smallest absolute Gasteiger partial charge is 0.0615 e. The van der Waals surface area contributed by atoms with Crippen LogP contribution in [0, 0.1) is 0 Å². The Balaban J connectivity index is 3.51. The predicted octanol–water partition coefficient (Wildman–Crippen LogP) is 2.56. The van der Waals surface area contributed by atoms with Crippen molar-refractivity contribution in [3.05, 3.63) is 47.5 Å². The molecule has 0 fully saturated rings. The second kappa shape index (κ2) is 9.40. The zero-order valence-corrected chi connectivity index (χ0v) is 7.74. The summed E-state index contributed by atoms with van der Waals surface area (Å²) in [6, 6.07) is 0. The van der Waals surface area contributed by atoms with Gasteiger partial charge in [0.15, 0.2) is 0 Å². The lowest BCUT2D eigenvalue weighted by atomic mass is 10.4. The fourth-order valence-corrected chi connectivity index (χ4v) is 0.614. The molecule has 0 heterocycles. The summed E-state index contributed by atoms with van der Waals surface area (Å²) >= 11 is 3.14. The van der Waals surface area contributed by atoms with Crippen LogP contribution >= 0.6 is 15.9 Å². The Kier molecular flexibility index (Phi) is 8.89. The van der Waals surface area contributed by atoms with Gasteiger partial charge >= 0.3 is 0 Å². The van der Waals surface area contributed by atoms with Crippen LogP contribution in [0.3, 0.4) is 0 Å². The van der Waals surface area contributed by atoms with Crippen molar-refractivity contribution in [2.45, 2.75) is 0 Å². The van der Waals surface area contributed by atoms with Gasteiger partial charge in [0, 0.05) is 0 Å². The third-order valence-electron chi connectivity index (χ3n) is 0.870. The number of allylic oxidation sites excluding steroid dienone is 6. The third-order valence-corrected chi connectivity index (χ3v) is 1.18. The van der Waals surface area contributed by atoms with Gasteiger partial charge in [0.25, 0.3) is 0 Å². The van der Waals surface area contributed by atoms with Gasteiger partial charge in [-0.2, -0.15) is 0 Å². The van der Waals surface area contributed by atoms with E-state index < -0.39 is 0 Å². The lowest BCUT2D eigenvalue weighted by Crippen LogP contribution is -1.66. The standard InChI is InChI=1S/C9H11BrO/c10-8-6-4-2-1-3-5-7-9-11/h1-8,11H,9H2/b3-1+,4-2+,7-5+,8-6-. The first kappa shape index (κ1) is 10.4. The van der Waals surface area contributed by atoms with Crippen LogP contribution in [0.1, 0.15) is 0 Å². The molecule has 0 rings (SSSR count). The summed E-state index contributed by atoms with van der Waals surface area (Å²) in [5.41, 5.74) is 0. The highest BCUT2D eigenvalue weighted by Crippen LogP contribution is 1.85. The molecule has 0 aromatic rings. The predicted molar refractivity (Wildman–Crippen MR) is 52.6 cm³/mol. The molecule has 0 radical (unpaired) electrons. The molecule has 60 valence electrons. The van der Waals surface area contributed by atoms with Crippen LogP contribution < -0.4 is 0 Å². The average Bonchev–Trinajstić information content (AvgIpc) is 2.03. The minimum Gasteiger partial charge on any atom is -0.392 e. The van der Waals surface area contributed by atoms with Crippen molar-refractivity contribution in [3.8, 4) is 0 Å². The van der Waals surface area contributed by atoms with Crippen molar-refractivity contribution >= 4 is 15.9 Å². The zero-order valence-electron chi connectivity index (χ0n) is 6.15. The molecule has 0 atom stereocenters. The zero-order chi connectivity index (χ0) is 8.36. The van der Waals surface area contributed by atoms with Crippen LogP contribution in [0.4, 0.5) is 0 Å². The van der Waals surface area contributed by atoms with Gasteiger partial charge in [0.2, 0.25) is 0 Å². The summed E-state index contributed by atoms with van der Waals surface area (Å²) in [4.78, 5) is 1.78. The first-order valence-electron chi connectivity index (χ1n) is 3.28. The maximum absolute atomic E-state index is 8.35. The van der Waals surface area contributed by atoms with E-state index in [0.717, 1.165) is 0 Å². The van der Waals surface area contributed by atoms with Crippen LogP contribution in [0.25, 0.3) is 0 Å². The highest BCUT2D eigenvalue weighted by molar-refractivity contribution is 9.11. The fourth-order valence-electron chi connectivity index (χ4n) is 0.438. The van der Waals surface area contributed by atoms with Crippen molar-refractivity contribution in [2.24, 2.45) is 0 Å². The van der Waals surface area contributed by atoms with Crippen molar-refractivity contribution in [1.82, 2.24) is 0 Å². The molecule has 1 nitrogen and oxygen atoms in total. The van der Waals surface area contributed by atoms with E-state index in [2.05, 4.69) is 15.9 Å². The Hall–Kier alpha value is -0.600. The maximum atomic E-state index is 8.35. The number of aliphatic hydroxyl groups is 1. The van der Waals surface area contributed by atoms with Gasteiger partial charge in [-0.15, -0.1) is 0 Å². The second-order valence-corrected chi connectivity index (χ2v) is 2.23. The lowest BCUT2D eigenvalue weighted by Gasteiger charge is -1.74. The van der Waals surface area contributed by atoms with Crippen molar-refractivity contribution in [3.63, 3.8) is 0 Å². The molecule has 0 bridgehead atoms. The van der Waals surface area contributed by atoms with E-state index in [-0.39, 0.29) is 6.61 Å². The highest BCUT2D eigenvalue weighted by atomic mass is 79.9. The molecular weight excluding hydrogens is 204 g/mol. The van der Waals surface area contributed by atoms with E-state index in [1.54, 1.807) is 17.1 Å². The minimum absolute atomic E-state index is 0.0926. The van der Waals surface area contributed by atoms with Crippen LogP contribution in [0.2, 0.25) is 0 Å². The molecule has 0 unspecified atom stereocenters. The SMILES string of the molecule is OC/C=C/C=C/C=C/C=C\Br. The van der Waals surface area contributed by atoms with E-state index in [9.17, 15) is 0 Å². The number of aliphatic hydroxyl groups excluding tert-OH is 1. The lowest BCUT2D eigenvalue weighted by molar-refractivity contribution is 0.343. The van der Waals surface area contributed by atoms with Gasteiger partial charge in [-0.1, -0.05) is 58.5 Å². The summed E-state index contributed by atoms with van der Waals surface area (Å²) in [7, 11) is 0. The molecule has 0 aliphatic carbocycles. The van der Waals surface area contributed by atoms with Crippen molar-refractivity contribution < 1.29 is 5.11 Å². The molecule has 0 spiro atoms. The summed E-state index contributed by atoms with van der Waals surface area (Å²) in [6.07, 6.45) is 12.9. The molecule has 0 aromatic carbocycles. The molecule has 0 aromatic heterocycles. The first-order chi connectivity index (χ1) is 5.41. The molecular formula is C9H11BrO. The van der Waals surface area contributed by atoms with Crippen LogP contribution in [-0.4, -0.2) is 11.7 Å². The van der Waals surface area contributed by atoms with Gasteiger partial charge in [-0.05, 0) is 4.99 Å². The Labute approximate surface area is 75.6 Å². The maximum Gasteiger partial charge on any atom is 0.0615 e. The van der Waals surface area contributed by atoms with E-state index in [1.807, 2.05) is 30.4 Å². The fraction of sp³-hybridized carbons (Fsp3) is 0.111. The normalized spacial score (nSPS) is 13.3. The minimum atomic E-state index is 0.0926. The molecule has 0 saturated heterocycles. The Morgan fingerprint density at radius 1 is 0.909 bits per heavy atom. The topological polar surface area (TPSA) is 20.2 Å². The van der Waals surface area contributed by atoms with E-state index in [1.165, 1.54) is 0 Å². The van der Waals surface area contributed by atoms with E-state index in [0.29, 0.717) is 0 Å². The van der Waals surface area contributed by atoms with Crippen molar-refractivity contribution in [1.29, 1.82) is 0 Å². The number of hydrogen-bond donors (Lipinski definition) is 1. The Morgan fingerprint density at radius 3 is 2.00 bits per heavy atom. The summed E-state index contributed by atoms with van der Waals surface area (Å²) in [5.74, 6) is 0. The molecule has 0 aliphatic heterocycles. The molecule has 11 heavy (non-hydrogen) atoms. The van der Waals surface area contributed by atoms with Crippen molar-refractivity contribution in [2.75, 3.05) is 6.61 Å². The monoisotopic (exact) mass is 214 g/mol. The van der Waals surface area contributed by atoms with Crippen LogP contribution in [-0.2, 0) is 0 Å². The van der Waals surface area contributed by atoms with Crippen LogP contribution in [0.5, 0.6) is 0 Å². The summed E-state index contributed by atoms with van der Waals surface area (Å²) < 4.78 is 0. The largest absolute Gasteiger partial charge is 0.392 e. The number of halogens is 1. The van der Waals surface area contributed by atoms with Gasteiger partial charge in [-0.3, -0.25) is 0 Å². The molecule has 2 heteroatoms. The van der Waals surface area contributed by atoms with Crippen LogP contribution in [0.15, 0.2) is 47.5 Å². The molecule has 0 saturated carbocycles. The molecule has 0 aliphatic rings. The number of rotatable bonds is 4. The first-order valence-corrected chi connectivity index (χ1v) is 4.19. The second-order valence-electron chi connectivity index (χ2n) is 1.70. The molecule has 0 amide bonds. The van der Waals surface area contributed by atoms with Gasteiger partial charge < -0.3 is 5.11 Å². The Bertz CT molecular complexity index is 178. The Morgan fingerprint density at radius 2 is 1.45 bits per heavy atom. The summed E-state index contributed by atoms with van der Waals surface area (Å²) in [5, 5.41) is 8.35. The van der Waals surface area contributed by atoms with E-state index in [4.69, 9.17) is 5.11 Å². The third kappa shape index (κ3) is 9.40. The van der Waals surface area contributed by atoms with Gasteiger partial charge in [0.1, 0.15) is 0 Å². The quantitative estimate of drug-likeness (QED) is 0.714. The van der Waals surface area contributed by atoms with E-state index >= 15 is 0 Å². The number of hydrogen-bond acceptors (Lipinski definition) is 1. The molecule has 1 N–H and O–H groups in total. The highest BCUT2D eigenvalue weighted by Gasteiger charge is 1.62.